The van der Waals surface area contributed by atoms with Gasteiger partial charge in [-0.05, 0) is 29.3 Å². The molecule has 1 aromatic heterocycles. The smallest absolute Gasteiger partial charge is 0.336 e. The van der Waals surface area contributed by atoms with E-state index in [2.05, 4.69) is 0 Å². The molecule has 0 fully saturated rings. The summed E-state index contributed by atoms with van der Waals surface area (Å²) in [5.41, 5.74) is 2.58. The molecular weight excluding hydrogens is 440 g/mol. The van der Waals surface area contributed by atoms with Gasteiger partial charge in [0.1, 0.15) is 23.9 Å². The van der Waals surface area contributed by atoms with Gasteiger partial charge in [-0.15, -0.1) is 0 Å². The summed E-state index contributed by atoms with van der Waals surface area (Å²) in [5, 5.41) is 1.49. The lowest BCUT2D eigenvalue weighted by atomic mass is 9.99. The minimum atomic E-state index is -0.467. The van der Waals surface area contributed by atoms with Gasteiger partial charge in [0.25, 0.3) is 0 Å². The Bertz CT molecular complexity index is 1330. The largest absolute Gasteiger partial charge is 0.476 e. The lowest BCUT2D eigenvalue weighted by molar-refractivity contribution is 0.0881. The maximum Gasteiger partial charge on any atom is 0.336 e. The molecule has 0 saturated heterocycles. The van der Waals surface area contributed by atoms with Gasteiger partial charge in [-0.1, -0.05) is 59.6 Å². The fourth-order valence-electron chi connectivity index (χ4n) is 3.90. The normalized spacial score (nSPS) is 13.8. The number of fused-ring (bicyclic) bond motifs is 3. The SMILES string of the molecule is O=c1cc(-c2ccccc2)c2cc(Cl)c3c(c2o1)CN(Cc1c(F)cccc1Cl)CO3. The molecule has 1 aliphatic heterocycles. The third-order valence-corrected chi connectivity index (χ3v) is 5.97. The average Bonchev–Trinajstić information content (AvgIpc) is 2.77. The van der Waals surface area contributed by atoms with E-state index in [1.165, 1.54) is 12.1 Å². The molecule has 5 rings (SSSR count). The first-order chi connectivity index (χ1) is 15.0. The molecule has 0 N–H and O–H groups in total. The van der Waals surface area contributed by atoms with Gasteiger partial charge < -0.3 is 9.15 Å². The van der Waals surface area contributed by atoms with Gasteiger partial charge in [0, 0.05) is 35.1 Å². The van der Waals surface area contributed by atoms with Crippen LogP contribution in [0.1, 0.15) is 11.1 Å². The molecule has 7 heteroatoms. The minimum absolute atomic E-state index is 0.200. The highest BCUT2D eigenvalue weighted by Crippen LogP contribution is 2.41. The van der Waals surface area contributed by atoms with Crippen molar-refractivity contribution in [1.29, 1.82) is 0 Å². The van der Waals surface area contributed by atoms with E-state index in [-0.39, 0.29) is 19.1 Å². The Labute approximate surface area is 187 Å². The van der Waals surface area contributed by atoms with Crippen molar-refractivity contribution >= 4 is 34.2 Å². The van der Waals surface area contributed by atoms with Crippen LogP contribution in [-0.2, 0) is 13.1 Å². The quantitative estimate of drug-likeness (QED) is 0.342. The van der Waals surface area contributed by atoms with Gasteiger partial charge in [0.15, 0.2) is 0 Å². The Morgan fingerprint density at radius 2 is 1.81 bits per heavy atom. The highest BCUT2D eigenvalue weighted by molar-refractivity contribution is 6.33. The van der Waals surface area contributed by atoms with Gasteiger partial charge >= 0.3 is 5.63 Å². The maximum absolute atomic E-state index is 14.3. The van der Waals surface area contributed by atoms with Crippen molar-refractivity contribution in [3.05, 3.63) is 98.1 Å². The molecule has 0 amide bonds. The second-order valence-corrected chi connectivity index (χ2v) is 8.16. The highest BCUT2D eigenvalue weighted by Gasteiger charge is 2.26. The van der Waals surface area contributed by atoms with E-state index in [0.29, 0.717) is 44.4 Å². The molecular formula is C24H16Cl2FNO3. The van der Waals surface area contributed by atoms with Crippen molar-refractivity contribution in [2.45, 2.75) is 13.1 Å². The van der Waals surface area contributed by atoms with Gasteiger partial charge in [-0.3, -0.25) is 4.90 Å². The van der Waals surface area contributed by atoms with E-state index in [0.717, 1.165) is 11.1 Å². The molecule has 0 unspecified atom stereocenters. The van der Waals surface area contributed by atoms with E-state index < -0.39 is 5.63 Å². The van der Waals surface area contributed by atoms with Crippen LogP contribution in [0, 0.1) is 5.82 Å². The second-order valence-electron chi connectivity index (χ2n) is 7.35. The number of ether oxygens (including phenoxy) is 1. The summed E-state index contributed by atoms with van der Waals surface area (Å²) in [6.45, 7) is 0.797. The maximum atomic E-state index is 14.3. The molecule has 2 heterocycles. The van der Waals surface area contributed by atoms with Crippen LogP contribution in [0.4, 0.5) is 4.39 Å². The monoisotopic (exact) mass is 455 g/mol. The van der Waals surface area contributed by atoms with Gasteiger partial charge in [-0.25, -0.2) is 9.18 Å². The predicted octanol–water partition coefficient (Wildman–Crippen LogP) is 6.26. The zero-order valence-electron chi connectivity index (χ0n) is 16.2. The summed E-state index contributed by atoms with van der Waals surface area (Å²) in [6.07, 6.45) is 0. The molecule has 0 saturated carbocycles. The summed E-state index contributed by atoms with van der Waals surface area (Å²) >= 11 is 12.7. The number of nitrogens with zero attached hydrogens (tertiary/aromatic N) is 1. The van der Waals surface area contributed by atoms with E-state index >= 15 is 0 Å². The number of hydrogen-bond donors (Lipinski definition) is 0. The number of rotatable bonds is 3. The number of benzene rings is 3. The zero-order valence-corrected chi connectivity index (χ0v) is 17.7. The summed E-state index contributed by atoms with van der Waals surface area (Å²) in [6, 6.07) is 17.4. The summed E-state index contributed by atoms with van der Waals surface area (Å²) in [7, 11) is 0. The Morgan fingerprint density at radius 1 is 1.00 bits per heavy atom. The Balaban J connectivity index is 1.62. The van der Waals surface area contributed by atoms with Crippen LogP contribution in [0.25, 0.3) is 22.1 Å². The Morgan fingerprint density at radius 3 is 2.58 bits per heavy atom. The lowest BCUT2D eigenvalue weighted by Gasteiger charge is -2.30. The van der Waals surface area contributed by atoms with Crippen molar-refractivity contribution in [2.24, 2.45) is 0 Å². The van der Waals surface area contributed by atoms with Crippen LogP contribution in [0.2, 0.25) is 10.0 Å². The Hall–Kier alpha value is -2.86. The van der Waals surface area contributed by atoms with E-state index in [1.54, 1.807) is 18.2 Å². The second kappa shape index (κ2) is 8.00. The molecule has 4 aromatic rings. The third kappa shape index (κ3) is 3.69. The fourth-order valence-corrected chi connectivity index (χ4v) is 4.40. The standard InChI is InChI=1S/C24H16Cl2FNO3/c25-19-7-4-8-21(27)17(19)11-28-12-18-23-16(9-20(26)24(18)30-13-28)15(10-22(29)31-23)14-5-2-1-3-6-14/h1-10H,11-13H2. The topological polar surface area (TPSA) is 42.7 Å². The molecule has 4 nitrogen and oxygen atoms in total. The van der Waals surface area contributed by atoms with Crippen LogP contribution < -0.4 is 10.4 Å². The molecule has 0 radical (unpaired) electrons. The van der Waals surface area contributed by atoms with E-state index in [4.69, 9.17) is 32.4 Å². The summed E-state index contributed by atoms with van der Waals surface area (Å²) < 4.78 is 25.8. The highest BCUT2D eigenvalue weighted by atomic mass is 35.5. The Kier molecular flexibility index (Phi) is 5.18. The lowest BCUT2D eigenvalue weighted by Crippen LogP contribution is -2.32. The van der Waals surface area contributed by atoms with Crippen LogP contribution in [0.15, 0.2) is 69.9 Å². The van der Waals surface area contributed by atoms with Crippen LogP contribution in [0.5, 0.6) is 5.75 Å². The first-order valence-electron chi connectivity index (χ1n) is 9.64. The third-order valence-electron chi connectivity index (χ3n) is 5.34. The molecule has 3 aromatic carbocycles. The van der Waals surface area contributed by atoms with Crippen molar-refractivity contribution in [2.75, 3.05) is 6.73 Å². The van der Waals surface area contributed by atoms with Gasteiger partial charge in [0.05, 0.1) is 10.6 Å². The predicted molar refractivity (Wildman–Crippen MR) is 119 cm³/mol. The van der Waals surface area contributed by atoms with Crippen molar-refractivity contribution in [1.82, 2.24) is 4.90 Å². The van der Waals surface area contributed by atoms with Crippen molar-refractivity contribution in [3.63, 3.8) is 0 Å². The summed E-state index contributed by atoms with van der Waals surface area (Å²) in [5.74, 6) is 0.0885. The molecule has 0 bridgehead atoms. The van der Waals surface area contributed by atoms with Gasteiger partial charge in [-0.2, -0.15) is 0 Å². The first kappa shape index (κ1) is 20.1. The molecule has 1 aliphatic rings. The van der Waals surface area contributed by atoms with Crippen molar-refractivity contribution < 1.29 is 13.5 Å². The fraction of sp³-hybridized carbons (Fsp3) is 0.125. The summed E-state index contributed by atoms with van der Waals surface area (Å²) in [4.78, 5) is 14.3. The van der Waals surface area contributed by atoms with Crippen LogP contribution in [0.3, 0.4) is 0 Å². The molecule has 31 heavy (non-hydrogen) atoms. The van der Waals surface area contributed by atoms with Crippen molar-refractivity contribution in [3.8, 4) is 16.9 Å². The number of hydrogen-bond acceptors (Lipinski definition) is 4. The molecule has 0 aliphatic carbocycles. The first-order valence-corrected chi connectivity index (χ1v) is 10.4. The average molecular weight is 456 g/mol. The minimum Gasteiger partial charge on any atom is -0.476 e. The molecule has 156 valence electrons. The van der Waals surface area contributed by atoms with E-state index in [9.17, 15) is 9.18 Å². The number of halogens is 3. The van der Waals surface area contributed by atoms with Gasteiger partial charge in [0.2, 0.25) is 0 Å². The molecule has 0 spiro atoms. The molecule has 0 atom stereocenters. The zero-order chi connectivity index (χ0) is 21.5. The van der Waals surface area contributed by atoms with E-state index in [1.807, 2.05) is 35.2 Å². The van der Waals surface area contributed by atoms with Crippen LogP contribution >= 0.6 is 23.2 Å². The van der Waals surface area contributed by atoms with Crippen LogP contribution in [-0.4, -0.2) is 11.6 Å².